The molecular formula is C20H16F3N5OS2. The second-order valence-corrected chi connectivity index (χ2v) is 8.82. The summed E-state index contributed by atoms with van der Waals surface area (Å²) < 4.78 is 38.8. The monoisotopic (exact) mass is 463 g/mol. The Kier molecular flexibility index (Phi) is 5.54. The smallest absolute Gasteiger partial charge is 0.375 e. The number of thiazole rings is 2. The summed E-state index contributed by atoms with van der Waals surface area (Å²) in [5.41, 5.74) is 6.72. The van der Waals surface area contributed by atoms with Crippen LogP contribution in [0.2, 0.25) is 0 Å². The fraction of sp³-hybridized carbons (Fsp3) is 0.150. The van der Waals surface area contributed by atoms with Crippen molar-refractivity contribution >= 4 is 54.7 Å². The highest BCUT2D eigenvalue weighted by Gasteiger charge is 2.30. The van der Waals surface area contributed by atoms with E-state index < -0.39 is 11.7 Å². The minimum Gasteiger partial charge on any atom is -0.375 e. The lowest BCUT2D eigenvalue weighted by Gasteiger charge is -2.12. The summed E-state index contributed by atoms with van der Waals surface area (Å²) in [5, 5.41) is 6.85. The Morgan fingerprint density at radius 3 is 2.58 bits per heavy atom. The van der Waals surface area contributed by atoms with Crippen LogP contribution in [0.5, 0.6) is 0 Å². The number of nitrogen functional groups attached to an aromatic ring is 1. The number of nitrogens with one attached hydrogen (secondary N) is 2. The van der Waals surface area contributed by atoms with Crippen molar-refractivity contribution in [3.05, 3.63) is 64.7 Å². The Morgan fingerprint density at radius 1 is 1.13 bits per heavy atom. The SMILES string of the molecule is CC(NC(=O)c1ccc2nc(N)sc2c1)c1cnc(Nc2ccc(C(F)(F)F)cc2)s1. The Bertz CT molecular complexity index is 1230. The van der Waals surface area contributed by atoms with E-state index in [4.69, 9.17) is 5.73 Å². The average molecular weight is 464 g/mol. The third-order valence-electron chi connectivity index (χ3n) is 4.43. The Morgan fingerprint density at radius 2 is 1.87 bits per heavy atom. The number of halogens is 3. The number of aromatic nitrogens is 2. The van der Waals surface area contributed by atoms with Crippen LogP contribution in [0.25, 0.3) is 10.2 Å². The van der Waals surface area contributed by atoms with E-state index in [1.807, 2.05) is 6.92 Å². The summed E-state index contributed by atoms with van der Waals surface area (Å²) in [6, 6.07) is 9.58. The fourth-order valence-corrected chi connectivity index (χ4v) is 4.46. The highest BCUT2D eigenvalue weighted by Crippen LogP contribution is 2.32. The van der Waals surface area contributed by atoms with Crippen molar-refractivity contribution in [1.82, 2.24) is 15.3 Å². The van der Waals surface area contributed by atoms with Crippen LogP contribution in [0.3, 0.4) is 0 Å². The van der Waals surface area contributed by atoms with Gasteiger partial charge in [0.1, 0.15) is 0 Å². The molecule has 4 N–H and O–H groups in total. The molecule has 0 aliphatic carbocycles. The third kappa shape index (κ3) is 4.78. The van der Waals surface area contributed by atoms with Crippen LogP contribution in [0.4, 0.5) is 29.1 Å². The van der Waals surface area contributed by atoms with E-state index in [-0.39, 0.29) is 11.9 Å². The van der Waals surface area contributed by atoms with Gasteiger partial charge < -0.3 is 16.4 Å². The average Bonchev–Trinajstić information content (AvgIpc) is 3.32. The molecule has 0 aliphatic heterocycles. The van der Waals surface area contributed by atoms with Gasteiger partial charge in [-0.1, -0.05) is 22.7 Å². The van der Waals surface area contributed by atoms with Crippen LogP contribution in [0.15, 0.2) is 48.7 Å². The number of amides is 1. The van der Waals surface area contributed by atoms with Crippen molar-refractivity contribution in [3.63, 3.8) is 0 Å². The van der Waals surface area contributed by atoms with Gasteiger partial charge in [-0.2, -0.15) is 13.2 Å². The van der Waals surface area contributed by atoms with Gasteiger partial charge in [0, 0.05) is 22.3 Å². The zero-order valence-electron chi connectivity index (χ0n) is 16.0. The van der Waals surface area contributed by atoms with E-state index in [2.05, 4.69) is 20.6 Å². The lowest BCUT2D eigenvalue weighted by Crippen LogP contribution is -2.26. The van der Waals surface area contributed by atoms with Crippen molar-refractivity contribution in [2.75, 3.05) is 11.1 Å². The normalized spacial score (nSPS) is 12.6. The van der Waals surface area contributed by atoms with Crippen LogP contribution in [0, 0.1) is 0 Å². The van der Waals surface area contributed by atoms with Crippen molar-refractivity contribution in [2.45, 2.75) is 19.1 Å². The molecule has 1 unspecified atom stereocenters. The highest BCUT2D eigenvalue weighted by molar-refractivity contribution is 7.22. The van der Waals surface area contributed by atoms with E-state index >= 15 is 0 Å². The molecule has 0 fully saturated rings. The number of benzene rings is 2. The van der Waals surface area contributed by atoms with E-state index in [1.54, 1.807) is 24.4 Å². The molecule has 1 atom stereocenters. The largest absolute Gasteiger partial charge is 0.416 e. The number of anilines is 3. The lowest BCUT2D eigenvalue weighted by atomic mass is 10.2. The molecule has 2 aromatic heterocycles. The van der Waals surface area contributed by atoms with E-state index in [9.17, 15) is 18.0 Å². The van der Waals surface area contributed by atoms with Crippen molar-refractivity contribution in [2.24, 2.45) is 0 Å². The molecule has 0 saturated heterocycles. The van der Waals surface area contributed by atoms with Crippen LogP contribution < -0.4 is 16.4 Å². The molecule has 31 heavy (non-hydrogen) atoms. The van der Waals surface area contributed by atoms with E-state index in [0.29, 0.717) is 21.5 Å². The lowest BCUT2D eigenvalue weighted by molar-refractivity contribution is -0.137. The van der Waals surface area contributed by atoms with Crippen molar-refractivity contribution in [3.8, 4) is 0 Å². The van der Waals surface area contributed by atoms with Crippen molar-refractivity contribution in [1.29, 1.82) is 0 Å². The quantitative estimate of drug-likeness (QED) is 0.359. The van der Waals surface area contributed by atoms with Gasteiger partial charge in [0.05, 0.1) is 21.8 Å². The molecule has 0 bridgehead atoms. The zero-order chi connectivity index (χ0) is 22.2. The second-order valence-electron chi connectivity index (χ2n) is 6.70. The summed E-state index contributed by atoms with van der Waals surface area (Å²) in [6.45, 7) is 1.83. The summed E-state index contributed by atoms with van der Waals surface area (Å²) in [4.78, 5) is 21.8. The van der Waals surface area contributed by atoms with Crippen LogP contribution >= 0.6 is 22.7 Å². The van der Waals surface area contributed by atoms with E-state index in [0.717, 1.165) is 27.2 Å². The number of nitrogens with two attached hydrogens (primary N) is 1. The van der Waals surface area contributed by atoms with Gasteiger partial charge in [-0.05, 0) is 49.4 Å². The number of hydrogen-bond acceptors (Lipinski definition) is 7. The van der Waals surface area contributed by atoms with Gasteiger partial charge in [0.15, 0.2) is 10.3 Å². The predicted molar refractivity (Wildman–Crippen MR) is 117 cm³/mol. The zero-order valence-corrected chi connectivity index (χ0v) is 17.7. The van der Waals surface area contributed by atoms with Crippen molar-refractivity contribution < 1.29 is 18.0 Å². The number of nitrogens with zero attached hydrogens (tertiary/aromatic N) is 2. The minimum atomic E-state index is -4.38. The molecule has 0 spiro atoms. The summed E-state index contributed by atoms with van der Waals surface area (Å²) in [6.07, 6.45) is -2.76. The van der Waals surface area contributed by atoms with Crippen LogP contribution in [-0.2, 0) is 6.18 Å². The molecule has 2 heterocycles. The first-order chi connectivity index (χ1) is 14.7. The van der Waals surface area contributed by atoms with Gasteiger partial charge >= 0.3 is 6.18 Å². The highest BCUT2D eigenvalue weighted by atomic mass is 32.1. The maximum atomic E-state index is 12.7. The Hall–Kier alpha value is -3.18. The first kappa shape index (κ1) is 21.1. The molecule has 1 amide bonds. The first-order valence-corrected chi connectivity index (χ1v) is 10.7. The standard InChI is InChI=1S/C20H16F3N5OS2/c1-10(26-17(29)11-2-7-14-15(8-11)30-18(24)28-14)16-9-25-19(31-16)27-13-5-3-12(4-6-13)20(21,22)23/h2-10H,1H3,(H2,24,28)(H,25,27)(H,26,29). The summed E-state index contributed by atoms with van der Waals surface area (Å²) >= 11 is 2.62. The number of hydrogen-bond donors (Lipinski definition) is 3. The maximum absolute atomic E-state index is 12.7. The number of carbonyl (C=O) groups is 1. The number of carbonyl (C=O) groups excluding carboxylic acids is 1. The minimum absolute atomic E-state index is 0.243. The summed E-state index contributed by atoms with van der Waals surface area (Å²) in [5.74, 6) is -0.243. The maximum Gasteiger partial charge on any atom is 0.416 e. The molecule has 0 aliphatic rings. The predicted octanol–water partition coefficient (Wildman–Crippen LogP) is 5.59. The van der Waals surface area contributed by atoms with Gasteiger partial charge in [-0.3, -0.25) is 4.79 Å². The van der Waals surface area contributed by atoms with E-state index in [1.165, 1.54) is 34.8 Å². The topological polar surface area (TPSA) is 92.9 Å². The molecule has 2 aromatic carbocycles. The third-order valence-corrected chi connectivity index (χ3v) is 6.37. The van der Waals surface area contributed by atoms with Gasteiger partial charge in [0.25, 0.3) is 5.91 Å². The van der Waals surface area contributed by atoms with Crippen LogP contribution in [-0.4, -0.2) is 15.9 Å². The molecule has 160 valence electrons. The van der Waals surface area contributed by atoms with Gasteiger partial charge in [-0.15, -0.1) is 0 Å². The molecule has 4 aromatic rings. The van der Waals surface area contributed by atoms with Gasteiger partial charge in [0.2, 0.25) is 0 Å². The second kappa shape index (κ2) is 8.16. The number of alkyl halides is 3. The molecule has 0 saturated carbocycles. The molecule has 11 heteroatoms. The molecule has 6 nitrogen and oxygen atoms in total. The molecular weight excluding hydrogens is 447 g/mol. The van der Waals surface area contributed by atoms with Crippen LogP contribution in [0.1, 0.15) is 33.8 Å². The molecule has 0 radical (unpaired) electrons. The Balaban J connectivity index is 1.41. The number of rotatable bonds is 5. The van der Waals surface area contributed by atoms with Gasteiger partial charge in [-0.25, -0.2) is 9.97 Å². The fourth-order valence-electron chi connectivity index (χ4n) is 2.85. The molecule has 4 rings (SSSR count). The Labute approximate surface area is 183 Å². The summed E-state index contributed by atoms with van der Waals surface area (Å²) in [7, 11) is 0. The number of fused-ring (bicyclic) bond motifs is 1. The first-order valence-electron chi connectivity index (χ1n) is 9.06.